The summed E-state index contributed by atoms with van der Waals surface area (Å²) < 4.78 is 1.58. The van der Waals surface area contributed by atoms with Crippen molar-refractivity contribution in [1.29, 1.82) is 0 Å². The molecule has 5 nitrogen and oxygen atoms in total. The molecule has 5 heteroatoms. The van der Waals surface area contributed by atoms with Crippen molar-refractivity contribution in [3.05, 3.63) is 11.9 Å². The van der Waals surface area contributed by atoms with Gasteiger partial charge < -0.3 is 10.6 Å². The number of aryl methyl sites for hydroxylation is 1. The maximum atomic E-state index is 12.5. The van der Waals surface area contributed by atoms with Crippen LogP contribution in [0.2, 0.25) is 0 Å². The van der Waals surface area contributed by atoms with Crippen molar-refractivity contribution in [3.63, 3.8) is 0 Å². The Morgan fingerprint density at radius 1 is 1.56 bits per heavy atom. The number of carbonyl (C=O) groups is 1. The zero-order valence-electron chi connectivity index (χ0n) is 11.8. The zero-order chi connectivity index (χ0) is 13.7. The van der Waals surface area contributed by atoms with Gasteiger partial charge in [0.05, 0.1) is 5.69 Å². The lowest BCUT2D eigenvalue weighted by Crippen LogP contribution is -2.39. The SMILES string of the molecule is CCCCN(C(=O)c1nn(C)cc1N)C(C)CC. The highest BCUT2D eigenvalue weighted by molar-refractivity contribution is 5.97. The van der Waals surface area contributed by atoms with E-state index in [9.17, 15) is 4.79 Å². The van der Waals surface area contributed by atoms with Gasteiger partial charge in [0, 0.05) is 25.8 Å². The fourth-order valence-corrected chi connectivity index (χ4v) is 1.88. The van der Waals surface area contributed by atoms with Crippen LogP contribution in [0.1, 0.15) is 50.5 Å². The Bertz CT molecular complexity index is 400. The van der Waals surface area contributed by atoms with Crippen molar-refractivity contribution in [1.82, 2.24) is 14.7 Å². The number of hydrogen-bond acceptors (Lipinski definition) is 3. The van der Waals surface area contributed by atoms with Gasteiger partial charge in [0.1, 0.15) is 0 Å². The number of nitrogens with zero attached hydrogens (tertiary/aromatic N) is 3. The topological polar surface area (TPSA) is 64.2 Å². The first kappa shape index (κ1) is 14.5. The molecule has 1 heterocycles. The van der Waals surface area contributed by atoms with Crippen LogP contribution in [0.25, 0.3) is 0 Å². The Hall–Kier alpha value is -1.52. The number of hydrogen-bond donors (Lipinski definition) is 1. The fourth-order valence-electron chi connectivity index (χ4n) is 1.88. The predicted octanol–water partition coefficient (Wildman–Crippen LogP) is 2.04. The summed E-state index contributed by atoms with van der Waals surface area (Å²) in [5.41, 5.74) is 6.64. The summed E-state index contributed by atoms with van der Waals surface area (Å²) in [5, 5.41) is 4.16. The van der Waals surface area contributed by atoms with Crippen LogP contribution in [0.4, 0.5) is 5.69 Å². The lowest BCUT2D eigenvalue weighted by molar-refractivity contribution is 0.0679. The van der Waals surface area contributed by atoms with Crippen molar-refractivity contribution in [3.8, 4) is 0 Å². The Balaban J connectivity index is 2.91. The molecule has 1 amide bonds. The molecule has 0 spiro atoms. The average Bonchev–Trinajstić information content (AvgIpc) is 2.68. The van der Waals surface area contributed by atoms with Crippen molar-refractivity contribution in [2.75, 3.05) is 12.3 Å². The third-order valence-corrected chi connectivity index (χ3v) is 3.20. The first-order chi connectivity index (χ1) is 8.51. The summed E-state index contributed by atoms with van der Waals surface area (Å²) in [6.45, 7) is 7.03. The van der Waals surface area contributed by atoms with Crippen LogP contribution in [0.3, 0.4) is 0 Å². The first-order valence-corrected chi connectivity index (χ1v) is 6.61. The summed E-state index contributed by atoms with van der Waals surface area (Å²) in [6, 6.07) is 0.213. The van der Waals surface area contributed by atoms with E-state index in [1.807, 2.05) is 4.90 Å². The molecule has 0 aliphatic rings. The van der Waals surface area contributed by atoms with E-state index in [4.69, 9.17) is 5.73 Å². The van der Waals surface area contributed by atoms with E-state index in [-0.39, 0.29) is 11.9 Å². The van der Waals surface area contributed by atoms with Gasteiger partial charge in [0.2, 0.25) is 0 Å². The number of aromatic nitrogens is 2. The zero-order valence-corrected chi connectivity index (χ0v) is 11.8. The lowest BCUT2D eigenvalue weighted by atomic mass is 10.1. The molecular weight excluding hydrogens is 228 g/mol. The molecule has 0 aliphatic carbocycles. The van der Waals surface area contributed by atoms with E-state index in [1.54, 1.807) is 17.9 Å². The van der Waals surface area contributed by atoms with Crippen LogP contribution in [0.5, 0.6) is 0 Å². The van der Waals surface area contributed by atoms with Crippen LogP contribution >= 0.6 is 0 Å². The largest absolute Gasteiger partial charge is 0.396 e. The first-order valence-electron chi connectivity index (χ1n) is 6.61. The molecule has 0 bridgehead atoms. The number of amides is 1. The minimum atomic E-state index is -0.0594. The molecule has 0 radical (unpaired) electrons. The second-order valence-electron chi connectivity index (χ2n) is 4.72. The average molecular weight is 252 g/mol. The van der Waals surface area contributed by atoms with Crippen molar-refractivity contribution in [2.45, 2.75) is 46.1 Å². The summed E-state index contributed by atoms with van der Waals surface area (Å²) in [6.07, 6.45) is 4.67. The van der Waals surface area contributed by atoms with Crippen molar-refractivity contribution < 1.29 is 4.79 Å². The number of unbranched alkanes of at least 4 members (excludes halogenated alkanes) is 1. The Morgan fingerprint density at radius 3 is 2.67 bits per heavy atom. The van der Waals surface area contributed by atoms with Gasteiger partial charge in [-0.1, -0.05) is 20.3 Å². The number of nitrogen functional groups attached to an aromatic ring is 1. The van der Waals surface area contributed by atoms with Crippen LogP contribution in [-0.4, -0.2) is 33.2 Å². The number of nitrogens with two attached hydrogens (primary N) is 1. The smallest absolute Gasteiger partial charge is 0.276 e. The minimum Gasteiger partial charge on any atom is -0.396 e. The quantitative estimate of drug-likeness (QED) is 0.842. The predicted molar refractivity (Wildman–Crippen MR) is 73.3 cm³/mol. The standard InChI is InChI=1S/C13H24N4O/c1-5-7-8-17(10(3)6-2)13(18)12-11(14)9-16(4)15-12/h9-10H,5-8,14H2,1-4H3. The number of rotatable bonds is 6. The van der Waals surface area contributed by atoms with Gasteiger partial charge in [0.25, 0.3) is 5.91 Å². The molecule has 0 fully saturated rings. The summed E-state index contributed by atoms with van der Waals surface area (Å²) in [7, 11) is 1.77. The molecule has 0 aliphatic heterocycles. The van der Waals surface area contributed by atoms with Crippen LogP contribution in [0, 0.1) is 0 Å². The van der Waals surface area contributed by atoms with Gasteiger partial charge in [-0.05, 0) is 19.8 Å². The highest BCUT2D eigenvalue weighted by Gasteiger charge is 2.24. The molecule has 1 rings (SSSR count). The van der Waals surface area contributed by atoms with E-state index in [0.717, 1.165) is 25.8 Å². The van der Waals surface area contributed by atoms with Crippen molar-refractivity contribution >= 4 is 11.6 Å². The molecule has 1 aromatic rings. The molecule has 0 saturated carbocycles. The van der Waals surface area contributed by atoms with Gasteiger partial charge in [0.15, 0.2) is 5.69 Å². The van der Waals surface area contributed by atoms with Gasteiger partial charge in [-0.2, -0.15) is 5.10 Å². The fraction of sp³-hybridized carbons (Fsp3) is 0.692. The van der Waals surface area contributed by atoms with Crippen LogP contribution in [-0.2, 0) is 7.05 Å². The van der Waals surface area contributed by atoms with Gasteiger partial charge in [-0.25, -0.2) is 0 Å². The second kappa shape index (κ2) is 6.42. The molecule has 1 atom stereocenters. The molecule has 1 aromatic heterocycles. The third kappa shape index (κ3) is 3.24. The molecule has 1 unspecified atom stereocenters. The van der Waals surface area contributed by atoms with Crippen molar-refractivity contribution in [2.24, 2.45) is 7.05 Å². The minimum absolute atomic E-state index is 0.0594. The Labute approximate surface area is 109 Å². The Kier molecular flexibility index (Phi) is 5.19. The number of anilines is 1. The molecule has 18 heavy (non-hydrogen) atoms. The van der Waals surface area contributed by atoms with E-state index in [2.05, 4.69) is 25.9 Å². The molecule has 0 aromatic carbocycles. The van der Waals surface area contributed by atoms with Gasteiger partial charge >= 0.3 is 0 Å². The normalized spacial score (nSPS) is 12.4. The molecule has 0 saturated heterocycles. The van der Waals surface area contributed by atoms with E-state index in [1.165, 1.54) is 0 Å². The maximum Gasteiger partial charge on any atom is 0.276 e. The molecule has 102 valence electrons. The highest BCUT2D eigenvalue weighted by Crippen LogP contribution is 2.15. The third-order valence-electron chi connectivity index (χ3n) is 3.20. The summed E-state index contributed by atoms with van der Waals surface area (Å²) >= 11 is 0. The molecule has 2 N–H and O–H groups in total. The lowest BCUT2D eigenvalue weighted by Gasteiger charge is -2.28. The van der Waals surface area contributed by atoms with E-state index < -0.39 is 0 Å². The summed E-state index contributed by atoms with van der Waals surface area (Å²) in [5.74, 6) is -0.0594. The van der Waals surface area contributed by atoms with Crippen LogP contribution in [0.15, 0.2) is 6.20 Å². The van der Waals surface area contributed by atoms with Gasteiger partial charge in [-0.3, -0.25) is 9.48 Å². The highest BCUT2D eigenvalue weighted by atomic mass is 16.2. The maximum absolute atomic E-state index is 12.5. The second-order valence-corrected chi connectivity index (χ2v) is 4.72. The number of carbonyl (C=O) groups excluding carboxylic acids is 1. The monoisotopic (exact) mass is 252 g/mol. The van der Waals surface area contributed by atoms with E-state index >= 15 is 0 Å². The van der Waals surface area contributed by atoms with Crippen LogP contribution < -0.4 is 5.73 Å². The Morgan fingerprint density at radius 2 is 2.22 bits per heavy atom. The summed E-state index contributed by atoms with van der Waals surface area (Å²) in [4.78, 5) is 14.3. The van der Waals surface area contributed by atoms with E-state index in [0.29, 0.717) is 11.4 Å². The molecular formula is C13H24N4O. The van der Waals surface area contributed by atoms with Gasteiger partial charge in [-0.15, -0.1) is 0 Å².